The molecule has 110 valence electrons. The SMILES string of the molecule is CC1CCC(C#N)(N2C(=O)C3C4C=CC(C4)C3C2=O)CC1. The van der Waals surface area contributed by atoms with E-state index >= 15 is 0 Å². The zero-order valence-electron chi connectivity index (χ0n) is 12.3. The van der Waals surface area contributed by atoms with Crippen LogP contribution in [0.5, 0.6) is 0 Å². The van der Waals surface area contributed by atoms with Crippen molar-refractivity contribution in [2.45, 2.75) is 44.6 Å². The van der Waals surface area contributed by atoms with Crippen LogP contribution in [0.2, 0.25) is 0 Å². The molecule has 1 aliphatic heterocycles. The number of nitrogens with zero attached hydrogens (tertiary/aromatic N) is 2. The molecule has 4 nitrogen and oxygen atoms in total. The Balaban J connectivity index is 1.69. The molecule has 0 spiro atoms. The van der Waals surface area contributed by atoms with Gasteiger partial charge in [-0.25, -0.2) is 0 Å². The molecule has 0 aromatic rings. The quantitative estimate of drug-likeness (QED) is 0.548. The molecular weight excluding hydrogens is 264 g/mol. The predicted molar refractivity (Wildman–Crippen MR) is 75.5 cm³/mol. The average molecular weight is 284 g/mol. The summed E-state index contributed by atoms with van der Waals surface area (Å²) in [7, 11) is 0. The van der Waals surface area contributed by atoms with Crippen LogP contribution in [0.4, 0.5) is 0 Å². The van der Waals surface area contributed by atoms with Crippen molar-refractivity contribution >= 4 is 11.8 Å². The average Bonchev–Trinajstić information content (AvgIpc) is 3.15. The third-order valence-electron chi connectivity index (χ3n) is 6.21. The van der Waals surface area contributed by atoms with Gasteiger partial charge in [0.05, 0.1) is 17.9 Å². The van der Waals surface area contributed by atoms with Gasteiger partial charge in [-0.3, -0.25) is 14.5 Å². The van der Waals surface area contributed by atoms with Crippen LogP contribution in [-0.2, 0) is 9.59 Å². The van der Waals surface area contributed by atoms with Crippen LogP contribution in [0.15, 0.2) is 12.2 Å². The fourth-order valence-corrected chi connectivity index (χ4v) is 4.95. The number of allylic oxidation sites excluding steroid dienone is 2. The largest absolute Gasteiger partial charge is 0.274 e. The Bertz CT molecular complexity index is 550. The van der Waals surface area contributed by atoms with Crippen LogP contribution in [0, 0.1) is 40.9 Å². The maximum absolute atomic E-state index is 12.9. The van der Waals surface area contributed by atoms with E-state index in [1.54, 1.807) is 0 Å². The summed E-state index contributed by atoms with van der Waals surface area (Å²) in [5.74, 6) is 0.515. The number of fused-ring (bicyclic) bond motifs is 5. The van der Waals surface area contributed by atoms with Crippen molar-refractivity contribution in [2.24, 2.45) is 29.6 Å². The zero-order valence-corrected chi connectivity index (χ0v) is 12.3. The first-order chi connectivity index (χ1) is 10.1. The molecule has 1 saturated heterocycles. The van der Waals surface area contributed by atoms with Gasteiger partial charge >= 0.3 is 0 Å². The summed E-state index contributed by atoms with van der Waals surface area (Å²) in [6.45, 7) is 2.17. The summed E-state index contributed by atoms with van der Waals surface area (Å²) in [5.41, 5.74) is -0.871. The molecular formula is C17H20N2O2. The normalized spacial score (nSPS) is 47.8. The predicted octanol–water partition coefficient (Wildman–Crippen LogP) is 2.27. The number of hydrogen-bond donors (Lipinski definition) is 0. The van der Waals surface area contributed by atoms with E-state index in [2.05, 4.69) is 25.1 Å². The Kier molecular flexibility index (Phi) is 2.61. The van der Waals surface area contributed by atoms with Crippen molar-refractivity contribution < 1.29 is 9.59 Å². The number of carbonyl (C=O) groups is 2. The molecule has 2 saturated carbocycles. The van der Waals surface area contributed by atoms with E-state index in [9.17, 15) is 14.9 Å². The van der Waals surface area contributed by atoms with Gasteiger partial charge in [0, 0.05) is 0 Å². The second kappa shape index (κ2) is 4.19. The second-order valence-electron chi connectivity index (χ2n) is 7.34. The molecule has 0 radical (unpaired) electrons. The van der Waals surface area contributed by atoms with Gasteiger partial charge in [0.2, 0.25) is 11.8 Å². The lowest BCUT2D eigenvalue weighted by Gasteiger charge is -2.40. The molecule has 1 heterocycles. The van der Waals surface area contributed by atoms with Crippen LogP contribution in [0.3, 0.4) is 0 Å². The van der Waals surface area contributed by atoms with Gasteiger partial charge in [0.25, 0.3) is 0 Å². The monoisotopic (exact) mass is 284 g/mol. The molecule has 4 rings (SSSR count). The maximum atomic E-state index is 12.9. The summed E-state index contributed by atoms with van der Waals surface area (Å²) in [4.78, 5) is 27.1. The first-order valence-electron chi connectivity index (χ1n) is 8.05. The number of imide groups is 1. The number of amides is 2. The molecule has 0 aromatic carbocycles. The van der Waals surface area contributed by atoms with Gasteiger partial charge in [0.1, 0.15) is 5.54 Å². The van der Waals surface area contributed by atoms with E-state index in [0.717, 1.165) is 19.3 Å². The highest BCUT2D eigenvalue weighted by atomic mass is 16.2. The molecule has 2 bridgehead atoms. The third kappa shape index (κ3) is 1.55. The molecule has 4 unspecified atom stereocenters. The highest BCUT2D eigenvalue weighted by Crippen LogP contribution is 2.54. The van der Waals surface area contributed by atoms with Crippen molar-refractivity contribution in [3.05, 3.63) is 12.2 Å². The molecule has 4 aliphatic rings. The standard InChI is InChI=1S/C17H20N2O2/c1-10-4-6-17(9-18,7-5-10)19-15(20)13-11-2-3-12(8-11)14(13)16(19)21/h2-3,10-14H,4-8H2,1H3. The van der Waals surface area contributed by atoms with E-state index in [1.807, 2.05) is 0 Å². The first kappa shape index (κ1) is 13.1. The molecule has 0 aromatic heterocycles. The van der Waals surface area contributed by atoms with Crippen molar-refractivity contribution in [1.82, 2.24) is 4.90 Å². The van der Waals surface area contributed by atoms with Crippen LogP contribution >= 0.6 is 0 Å². The molecule has 4 atom stereocenters. The molecule has 4 heteroatoms. The Morgan fingerprint density at radius 2 is 1.67 bits per heavy atom. The van der Waals surface area contributed by atoms with E-state index in [-0.39, 0.29) is 35.5 Å². The van der Waals surface area contributed by atoms with Crippen LogP contribution in [0.25, 0.3) is 0 Å². The smallest absolute Gasteiger partial charge is 0.235 e. The molecule has 3 aliphatic carbocycles. The third-order valence-corrected chi connectivity index (χ3v) is 6.21. The van der Waals surface area contributed by atoms with Gasteiger partial charge in [-0.05, 0) is 49.9 Å². The highest BCUT2D eigenvalue weighted by molar-refractivity contribution is 6.07. The minimum atomic E-state index is -0.871. The van der Waals surface area contributed by atoms with E-state index in [0.29, 0.717) is 18.8 Å². The van der Waals surface area contributed by atoms with Gasteiger partial charge in [0.15, 0.2) is 0 Å². The Hall–Kier alpha value is -1.63. The zero-order chi connectivity index (χ0) is 14.8. The minimum Gasteiger partial charge on any atom is -0.274 e. The number of rotatable bonds is 1. The number of hydrogen-bond acceptors (Lipinski definition) is 3. The summed E-state index contributed by atoms with van der Waals surface area (Å²) in [5, 5.41) is 9.72. The van der Waals surface area contributed by atoms with E-state index in [1.165, 1.54) is 4.90 Å². The van der Waals surface area contributed by atoms with Gasteiger partial charge in [-0.15, -0.1) is 0 Å². The second-order valence-corrected chi connectivity index (χ2v) is 7.34. The van der Waals surface area contributed by atoms with Crippen molar-refractivity contribution in [1.29, 1.82) is 5.26 Å². The van der Waals surface area contributed by atoms with Crippen LogP contribution < -0.4 is 0 Å². The van der Waals surface area contributed by atoms with E-state index in [4.69, 9.17) is 0 Å². The van der Waals surface area contributed by atoms with Crippen molar-refractivity contribution in [3.63, 3.8) is 0 Å². The molecule has 3 fully saturated rings. The van der Waals surface area contributed by atoms with Crippen LogP contribution in [0.1, 0.15) is 39.0 Å². The first-order valence-corrected chi connectivity index (χ1v) is 8.05. The molecule has 21 heavy (non-hydrogen) atoms. The number of carbonyl (C=O) groups excluding carboxylic acids is 2. The Morgan fingerprint density at radius 1 is 1.14 bits per heavy atom. The summed E-state index contributed by atoms with van der Waals surface area (Å²) < 4.78 is 0. The minimum absolute atomic E-state index is 0.0713. The Labute approximate surface area is 124 Å². The fourth-order valence-electron chi connectivity index (χ4n) is 4.95. The number of likely N-dealkylation sites (tertiary alicyclic amines) is 1. The van der Waals surface area contributed by atoms with Crippen LogP contribution in [-0.4, -0.2) is 22.3 Å². The number of nitriles is 1. The van der Waals surface area contributed by atoms with E-state index < -0.39 is 5.54 Å². The van der Waals surface area contributed by atoms with Gasteiger partial charge in [-0.1, -0.05) is 19.1 Å². The van der Waals surface area contributed by atoms with Gasteiger partial charge in [-0.2, -0.15) is 5.26 Å². The summed E-state index contributed by atoms with van der Waals surface area (Å²) in [6.07, 6.45) is 8.27. The lowest BCUT2D eigenvalue weighted by molar-refractivity contribution is -0.147. The Morgan fingerprint density at radius 3 is 2.14 bits per heavy atom. The maximum Gasteiger partial charge on any atom is 0.235 e. The lowest BCUT2D eigenvalue weighted by Crippen LogP contribution is -2.53. The summed E-state index contributed by atoms with van der Waals surface area (Å²) in [6, 6.07) is 2.34. The van der Waals surface area contributed by atoms with Crippen molar-refractivity contribution in [3.8, 4) is 6.07 Å². The van der Waals surface area contributed by atoms with Crippen molar-refractivity contribution in [2.75, 3.05) is 0 Å². The molecule has 2 amide bonds. The van der Waals surface area contributed by atoms with Gasteiger partial charge < -0.3 is 0 Å². The fraction of sp³-hybridized carbons (Fsp3) is 0.706. The topological polar surface area (TPSA) is 61.2 Å². The summed E-state index contributed by atoms with van der Waals surface area (Å²) >= 11 is 0. The lowest BCUT2D eigenvalue weighted by atomic mass is 9.77. The molecule has 0 N–H and O–H groups in total. The highest BCUT2D eigenvalue weighted by Gasteiger charge is 2.63.